The molecule has 2 N–H and O–H groups in total. The van der Waals surface area contributed by atoms with E-state index >= 15 is 0 Å². The molecule has 0 aliphatic carbocycles. The molecule has 0 aromatic carbocycles. The van der Waals surface area contributed by atoms with Crippen molar-refractivity contribution >= 4 is 5.91 Å². The van der Waals surface area contributed by atoms with Crippen molar-refractivity contribution < 1.29 is 9.53 Å². The Hall–Kier alpha value is -0.610. The molecule has 2 aliphatic rings. The van der Waals surface area contributed by atoms with Gasteiger partial charge in [0.2, 0.25) is 5.91 Å². The van der Waals surface area contributed by atoms with E-state index in [1.54, 1.807) is 0 Å². The molecule has 0 spiro atoms. The molecule has 2 aliphatic heterocycles. The molecule has 0 aromatic heterocycles. The van der Waals surface area contributed by atoms with Crippen LogP contribution in [0.15, 0.2) is 0 Å². The van der Waals surface area contributed by atoms with Crippen molar-refractivity contribution in [2.45, 2.75) is 37.8 Å². The van der Waals surface area contributed by atoms with Gasteiger partial charge in [0.15, 0.2) is 0 Å². The number of hydrogen-bond donors (Lipinski definition) is 1. The van der Waals surface area contributed by atoms with E-state index in [9.17, 15) is 4.79 Å². The Morgan fingerprint density at radius 1 is 1.71 bits per heavy atom. The Balaban J connectivity index is 1.94. The van der Waals surface area contributed by atoms with Crippen molar-refractivity contribution in [3.8, 4) is 0 Å². The quantitative estimate of drug-likeness (QED) is 0.685. The molecule has 0 aromatic rings. The number of ether oxygens (including phenoxy) is 1. The van der Waals surface area contributed by atoms with Crippen LogP contribution in [0.2, 0.25) is 0 Å². The van der Waals surface area contributed by atoms with Gasteiger partial charge in [-0.05, 0) is 26.2 Å². The molecule has 2 atom stereocenters. The van der Waals surface area contributed by atoms with Gasteiger partial charge in [0.05, 0.1) is 11.6 Å². The maximum absolute atomic E-state index is 11.6. The van der Waals surface area contributed by atoms with Gasteiger partial charge in [-0.15, -0.1) is 0 Å². The standard InChI is InChI=1S/C10H18N2O2/c1-10(4-2-6-14-10)7-12-5-3-8(11)9(12)13/h8H,2-7,11H2,1H3. The second-order valence-corrected chi connectivity index (χ2v) is 4.56. The molecule has 0 saturated carbocycles. The minimum atomic E-state index is -0.278. The highest BCUT2D eigenvalue weighted by atomic mass is 16.5. The Morgan fingerprint density at radius 2 is 2.50 bits per heavy atom. The van der Waals surface area contributed by atoms with E-state index in [4.69, 9.17) is 10.5 Å². The summed E-state index contributed by atoms with van der Waals surface area (Å²) >= 11 is 0. The average molecular weight is 198 g/mol. The van der Waals surface area contributed by atoms with Crippen molar-refractivity contribution in [1.29, 1.82) is 0 Å². The molecule has 0 bridgehead atoms. The molecule has 2 saturated heterocycles. The smallest absolute Gasteiger partial charge is 0.239 e. The third-order valence-electron chi connectivity index (χ3n) is 3.16. The normalized spacial score (nSPS) is 38.3. The minimum Gasteiger partial charge on any atom is -0.373 e. The van der Waals surface area contributed by atoms with Gasteiger partial charge in [-0.1, -0.05) is 0 Å². The predicted molar refractivity (Wildman–Crippen MR) is 52.8 cm³/mol. The third kappa shape index (κ3) is 1.77. The number of likely N-dealkylation sites (tertiary alicyclic amines) is 1. The summed E-state index contributed by atoms with van der Waals surface area (Å²) < 4.78 is 5.65. The summed E-state index contributed by atoms with van der Waals surface area (Å²) in [4.78, 5) is 13.4. The topological polar surface area (TPSA) is 55.6 Å². The lowest BCUT2D eigenvalue weighted by Crippen LogP contribution is -2.43. The number of nitrogens with zero attached hydrogens (tertiary/aromatic N) is 1. The second kappa shape index (κ2) is 3.51. The first-order valence-corrected chi connectivity index (χ1v) is 5.29. The highest BCUT2D eigenvalue weighted by molar-refractivity contribution is 5.83. The first-order valence-electron chi connectivity index (χ1n) is 5.29. The zero-order chi connectivity index (χ0) is 10.2. The lowest BCUT2D eigenvalue weighted by molar-refractivity contribution is -0.131. The van der Waals surface area contributed by atoms with Crippen LogP contribution >= 0.6 is 0 Å². The lowest BCUT2D eigenvalue weighted by Gasteiger charge is -2.29. The predicted octanol–water partition coefficient (Wildman–Crippen LogP) is 0.115. The lowest BCUT2D eigenvalue weighted by atomic mass is 10.0. The molecule has 2 fully saturated rings. The molecule has 4 nitrogen and oxygen atoms in total. The van der Waals surface area contributed by atoms with E-state index < -0.39 is 0 Å². The summed E-state index contributed by atoms with van der Waals surface area (Å²) in [7, 11) is 0. The monoisotopic (exact) mass is 198 g/mol. The first kappa shape index (κ1) is 9.93. The zero-order valence-electron chi connectivity index (χ0n) is 8.66. The summed E-state index contributed by atoms with van der Waals surface area (Å²) in [6.07, 6.45) is 2.94. The number of rotatable bonds is 2. The molecular weight excluding hydrogens is 180 g/mol. The molecule has 4 heteroatoms. The Labute approximate surface area is 84.4 Å². The SMILES string of the molecule is CC1(CN2CCC(N)C2=O)CCCO1. The molecule has 2 heterocycles. The fraction of sp³-hybridized carbons (Fsp3) is 0.900. The van der Waals surface area contributed by atoms with Crippen LogP contribution in [0.3, 0.4) is 0 Å². The summed E-state index contributed by atoms with van der Waals surface area (Å²) in [5.41, 5.74) is 5.53. The molecule has 14 heavy (non-hydrogen) atoms. The first-order chi connectivity index (χ1) is 6.61. The van der Waals surface area contributed by atoms with Crippen LogP contribution in [0.1, 0.15) is 26.2 Å². The number of carbonyl (C=O) groups is 1. The van der Waals surface area contributed by atoms with Gasteiger partial charge in [-0.25, -0.2) is 0 Å². The average Bonchev–Trinajstić information content (AvgIpc) is 2.68. The van der Waals surface area contributed by atoms with Crippen molar-refractivity contribution in [3.05, 3.63) is 0 Å². The van der Waals surface area contributed by atoms with Crippen LogP contribution in [0.25, 0.3) is 0 Å². The fourth-order valence-corrected chi connectivity index (χ4v) is 2.29. The molecule has 2 unspecified atom stereocenters. The van der Waals surface area contributed by atoms with Crippen LogP contribution in [-0.2, 0) is 9.53 Å². The molecule has 2 rings (SSSR count). The Morgan fingerprint density at radius 3 is 3.00 bits per heavy atom. The largest absolute Gasteiger partial charge is 0.373 e. The summed E-state index contributed by atoms with van der Waals surface area (Å²) in [5, 5.41) is 0. The van der Waals surface area contributed by atoms with Crippen molar-refractivity contribution in [1.82, 2.24) is 4.90 Å². The van der Waals surface area contributed by atoms with Gasteiger partial charge >= 0.3 is 0 Å². The summed E-state index contributed by atoms with van der Waals surface area (Å²) in [6.45, 7) is 4.40. The maximum Gasteiger partial charge on any atom is 0.239 e. The van der Waals surface area contributed by atoms with Crippen molar-refractivity contribution in [3.63, 3.8) is 0 Å². The van der Waals surface area contributed by atoms with E-state index in [1.807, 2.05) is 4.90 Å². The molecule has 80 valence electrons. The van der Waals surface area contributed by atoms with E-state index in [-0.39, 0.29) is 17.6 Å². The minimum absolute atomic E-state index is 0.0849. The van der Waals surface area contributed by atoms with Gasteiger partial charge in [0, 0.05) is 19.7 Å². The summed E-state index contributed by atoms with van der Waals surface area (Å²) in [6, 6.07) is -0.278. The van der Waals surface area contributed by atoms with E-state index in [2.05, 4.69) is 6.92 Å². The zero-order valence-corrected chi connectivity index (χ0v) is 8.66. The van der Waals surface area contributed by atoms with Gasteiger partial charge < -0.3 is 15.4 Å². The molecular formula is C10H18N2O2. The van der Waals surface area contributed by atoms with Crippen LogP contribution in [0, 0.1) is 0 Å². The van der Waals surface area contributed by atoms with Crippen LogP contribution in [0.4, 0.5) is 0 Å². The van der Waals surface area contributed by atoms with E-state index in [1.165, 1.54) is 0 Å². The van der Waals surface area contributed by atoms with Gasteiger partial charge in [-0.3, -0.25) is 4.79 Å². The highest BCUT2D eigenvalue weighted by Gasteiger charge is 2.37. The maximum atomic E-state index is 11.6. The van der Waals surface area contributed by atoms with Crippen LogP contribution in [0.5, 0.6) is 0 Å². The van der Waals surface area contributed by atoms with Crippen molar-refractivity contribution in [2.75, 3.05) is 19.7 Å². The Kier molecular flexibility index (Phi) is 2.49. The fourth-order valence-electron chi connectivity index (χ4n) is 2.29. The number of carbonyl (C=O) groups excluding carboxylic acids is 1. The van der Waals surface area contributed by atoms with Crippen LogP contribution < -0.4 is 5.73 Å². The Bertz CT molecular complexity index is 236. The molecule has 0 radical (unpaired) electrons. The second-order valence-electron chi connectivity index (χ2n) is 4.56. The van der Waals surface area contributed by atoms with Gasteiger partial charge in [-0.2, -0.15) is 0 Å². The molecule has 1 amide bonds. The van der Waals surface area contributed by atoms with Crippen LogP contribution in [-0.4, -0.2) is 42.1 Å². The van der Waals surface area contributed by atoms with Gasteiger partial charge in [0.25, 0.3) is 0 Å². The van der Waals surface area contributed by atoms with E-state index in [0.717, 1.165) is 32.4 Å². The van der Waals surface area contributed by atoms with E-state index in [0.29, 0.717) is 6.54 Å². The van der Waals surface area contributed by atoms with Gasteiger partial charge in [0.1, 0.15) is 0 Å². The number of amides is 1. The summed E-state index contributed by atoms with van der Waals surface area (Å²) in [5.74, 6) is 0.0849. The van der Waals surface area contributed by atoms with Crippen molar-refractivity contribution in [2.24, 2.45) is 5.73 Å². The third-order valence-corrected chi connectivity index (χ3v) is 3.16. The number of hydrogen-bond acceptors (Lipinski definition) is 3. The highest BCUT2D eigenvalue weighted by Crippen LogP contribution is 2.27. The number of nitrogens with two attached hydrogens (primary N) is 1.